The van der Waals surface area contributed by atoms with Crippen LogP contribution in [0.1, 0.15) is 28.9 Å². The molecule has 1 amide bonds. The van der Waals surface area contributed by atoms with Crippen molar-refractivity contribution in [1.29, 1.82) is 5.41 Å². The van der Waals surface area contributed by atoms with Gasteiger partial charge in [0.25, 0.3) is 5.91 Å². The van der Waals surface area contributed by atoms with E-state index in [-0.39, 0.29) is 16.9 Å². The molecule has 150 valence electrons. The van der Waals surface area contributed by atoms with Gasteiger partial charge in [-0.05, 0) is 41.8 Å². The highest BCUT2D eigenvalue weighted by atomic mass is 32.2. The van der Waals surface area contributed by atoms with Crippen LogP contribution in [0.5, 0.6) is 0 Å². The molecule has 4 N–H and O–H groups in total. The van der Waals surface area contributed by atoms with Crippen LogP contribution < -0.4 is 11.1 Å². The molecular weight excluding hydrogens is 392 g/mol. The number of sulfonamides is 1. The van der Waals surface area contributed by atoms with Gasteiger partial charge < -0.3 is 11.1 Å². The Bertz CT molecular complexity index is 996. The lowest BCUT2D eigenvalue weighted by atomic mass is 10.0. The summed E-state index contributed by atoms with van der Waals surface area (Å²) in [4.78, 5) is 15.8. The summed E-state index contributed by atoms with van der Waals surface area (Å²) in [6, 6.07) is 5.99. The fourth-order valence-corrected chi connectivity index (χ4v) is 3.71. The van der Waals surface area contributed by atoms with E-state index in [1.165, 1.54) is 25.1 Å². The number of benzene rings is 1. The number of halogens is 2. The molecule has 1 aromatic heterocycles. The topological polar surface area (TPSA) is 129 Å². The predicted octanol–water partition coefficient (Wildman–Crippen LogP) is 1.87. The molecule has 2 aromatic rings. The average Bonchev–Trinajstić information content (AvgIpc) is 2.62. The second-order valence-corrected chi connectivity index (χ2v) is 8.13. The van der Waals surface area contributed by atoms with Gasteiger partial charge in [0.1, 0.15) is 17.3 Å². The van der Waals surface area contributed by atoms with Gasteiger partial charge in [0, 0.05) is 12.7 Å². The van der Waals surface area contributed by atoms with E-state index in [0.29, 0.717) is 4.31 Å². The van der Waals surface area contributed by atoms with Crippen LogP contribution >= 0.6 is 0 Å². The molecule has 0 aliphatic carbocycles. The third-order valence-electron chi connectivity index (χ3n) is 3.96. The first-order valence-electron chi connectivity index (χ1n) is 8.04. The molecule has 1 heterocycles. The minimum absolute atomic E-state index is 0.0361. The third-order valence-corrected chi connectivity index (χ3v) is 5.91. The quantitative estimate of drug-likeness (QED) is 0.494. The van der Waals surface area contributed by atoms with E-state index in [4.69, 9.17) is 11.1 Å². The van der Waals surface area contributed by atoms with Gasteiger partial charge in [-0.2, -0.15) is 0 Å². The predicted molar refractivity (Wildman–Crippen MR) is 100 cm³/mol. The van der Waals surface area contributed by atoms with Crippen molar-refractivity contribution < 1.29 is 22.0 Å². The van der Waals surface area contributed by atoms with Crippen LogP contribution in [0.4, 0.5) is 14.5 Å². The molecule has 11 heteroatoms. The number of pyridine rings is 1. The number of carbonyl (C=O) groups excluding carboxylic acids is 1. The lowest BCUT2D eigenvalue weighted by Crippen LogP contribution is -2.40. The molecule has 1 aromatic carbocycles. The van der Waals surface area contributed by atoms with Crippen molar-refractivity contribution in [3.8, 4) is 0 Å². The molecule has 0 bridgehead atoms. The first-order chi connectivity index (χ1) is 13.0. The van der Waals surface area contributed by atoms with Crippen LogP contribution in [-0.4, -0.2) is 42.4 Å². The van der Waals surface area contributed by atoms with Gasteiger partial charge >= 0.3 is 0 Å². The molecule has 2 rings (SSSR count). The number of aromatic nitrogens is 1. The van der Waals surface area contributed by atoms with Gasteiger partial charge in [-0.3, -0.25) is 10.2 Å². The molecular formula is C17H19F2N5O3S. The Labute approximate surface area is 160 Å². The Morgan fingerprint density at radius 2 is 2.00 bits per heavy atom. The van der Waals surface area contributed by atoms with Crippen molar-refractivity contribution in [2.24, 2.45) is 5.73 Å². The number of anilines is 1. The van der Waals surface area contributed by atoms with Crippen molar-refractivity contribution in [1.82, 2.24) is 9.29 Å². The van der Waals surface area contributed by atoms with Crippen molar-refractivity contribution in [3.63, 3.8) is 0 Å². The zero-order valence-corrected chi connectivity index (χ0v) is 15.9. The van der Waals surface area contributed by atoms with Crippen molar-refractivity contribution in [2.75, 3.05) is 18.1 Å². The number of amides is 1. The van der Waals surface area contributed by atoms with Crippen molar-refractivity contribution >= 4 is 27.6 Å². The fourth-order valence-electron chi connectivity index (χ4n) is 2.37. The highest BCUT2D eigenvalue weighted by Crippen LogP contribution is 2.25. The summed E-state index contributed by atoms with van der Waals surface area (Å²) in [5, 5.41) is 9.73. The summed E-state index contributed by atoms with van der Waals surface area (Å²) < 4.78 is 52.2. The van der Waals surface area contributed by atoms with Crippen LogP contribution in [0.15, 0.2) is 36.5 Å². The molecule has 8 nitrogen and oxygen atoms in total. The molecule has 0 spiro atoms. The molecule has 0 radical (unpaired) electrons. The van der Waals surface area contributed by atoms with Gasteiger partial charge in [-0.1, -0.05) is 6.92 Å². The smallest absolute Gasteiger partial charge is 0.274 e. The van der Waals surface area contributed by atoms with E-state index in [1.807, 2.05) is 0 Å². The van der Waals surface area contributed by atoms with E-state index in [9.17, 15) is 22.0 Å². The van der Waals surface area contributed by atoms with E-state index in [0.717, 1.165) is 25.4 Å². The Hall–Kier alpha value is -3.08. The van der Waals surface area contributed by atoms with Gasteiger partial charge in [-0.15, -0.1) is 0 Å². The Morgan fingerprint density at radius 3 is 2.57 bits per heavy atom. The summed E-state index contributed by atoms with van der Waals surface area (Å²) in [5.41, 5.74) is 5.43. The Balaban J connectivity index is 2.21. The maximum atomic E-state index is 14.2. The van der Waals surface area contributed by atoms with E-state index >= 15 is 0 Å². The lowest BCUT2D eigenvalue weighted by molar-refractivity contribution is 0.102. The number of hydrogen-bond acceptors (Lipinski definition) is 5. The molecule has 0 saturated carbocycles. The van der Waals surface area contributed by atoms with Gasteiger partial charge in [0.2, 0.25) is 16.0 Å². The molecule has 1 unspecified atom stereocenters. The van der Waals surface area contributed by atoms with E-state index in [2.05, 4.69) is 10.3 Å². The maximum Gasteiger partial charge on any atom is 0.274 e. The first-order valence-corrected chi connectivity index (χ1v) is 9.65. The standard InChI is InChI=1S/C17H19F2N5O3S/c1-10(9-28(26,27)24(2)17(20)21)13-7-12(4-5-14(13)19)23-16(25)15-6-3-11(18)8-22-15/h3-8,10H,9H2,1-2H3,(H3,20,21)(H,23,25). The Kier molecular flexibility index (Phi) is 6.29. The molecule has 0 saturated heterocycles. The average molecular weight is 411 g/mol. The van der Waals surface area contributed by atoms with Crippen LogP contribution in [-0.2, 0) is 10.0 Å². The SMILES string of the molecule is CC(CS(=O)(=O)N(C)C(=N)N)c1cc(NC(=O)c2ccc(F)cn2)ccc1F. The second-order valence-electron chi connectivity index (χ2n) is 6.08. The highest BCUT2D eigenvalue weighted by molar-refractivity contribution is 7.89. The lowest BCUT2D eigenvalue weighted by Gasteiger charge is -2.20. The highest BCUT2D eigenvalue weighted by Gasteiger charge is 2.25. The fraction of sp³-hybridized carbons (Fsp3) is 0.235. The number of carbonyl (C=O) groups is 1. The number of nitrogens with two attached hydrogens (primary N) is 1. The molecule has 0 fully saturated rings. The molecule has 0 aliphatic rings. The summed E-state index contributed by atoms with van der Waals surface area (Å²) >= 11 is 0. The number of rotatable bonds is 6. The Morgan fingerprint density at radius 1 is 1.32 bits per heavy atom. The van der Waals surface area contributed by atoms with Crippen molar-refractivity contribution in [3.05, 3.63) is 59.4 Å². The number of guanidine groups is 1. The van der Waals surface area contributed by atoms with Crippen LogP contribution in [0.2, 0.25) is 0 Å². The van der Waals surface area contributed by atoms with Gasteiger partial charge in [0.05, 0.1) is 11.9 Å². The minimum atomic E-state index is -3.92. The zero-order valence-electron chi connectivity index (χ0n) is 15.1. The maximum absolute atomic E-state index is 14.2. The number of nitrogens with one attached hydrogen (secondary N) is 2. The molecule has 28 heavy (non-hydrogen) atoms. The summed E-state index contributed by atoms with van der Waals surface area (Å²) in [6.45, 7) is 1.50. The minimum Gasteiger partial charge on any atom is -0.369 e. The van der Waals surface area contributed by atoms with Crippen LogP contribution in [0.25, 0.3) is 0 Å². The number of hydrogen-bond donors (Lipinski definition) is 3. The molecule has 0 aliphatic heterocycles. The van der Waals surface area contributed by atoms with Crippen LogP contribution in [0, 0.1) is 17.0 Å². The normalized spacial score (nSPS) is 12.3. The summed E-state index contributed by atoms with van der Waals surface area (Å²) in [5.74, 6) is -3.80. The van der Waals surface area contributed by atoms with E-state index in [1.54, 1.807) is 0 Å². The largest absolute Gasteiger partial charge is 0.369 e. The second kappa shape index (κ2) is 8.30. The van der Waals surface area contributed by atoms with Gasteiger partial charge in [-0.25, -0.2) is 26.5 Å². The summed E-state index contributed by atoms with van der Waals surface area (Å²) in [7, 11) is -2.79. The zero-order chi connectivity index (χ0) is 21.1. The van der Waals surface area contributed by atoms with Gasteiger partial charge in [0.15, 0.2) is 0 Å². The first kappa shape index (κ1) is 21.2. The van der Waals surface area contributed by atoms with Crippen LogP contribution in [0.3, 0.4) is 0 Å². The monoisotopic (exact) mass is 411 g/mol. The summed E-state index contributed by atoms with van der Waals surface area (Å²) in [6.07, 6.45) is 0.892. The van der Waals surface area contributed by atoms with Crippen molar-refractivity contribution in [2.45, 2.75) is 12.8 Å². The third kappa shape index (κ3) is 5.00. The molecule has 1 atom stereocenters. The van der Waals surface area contributed by atoms with E-state index < -0.39 is 45.2 Å². The number of nitrogens with zero attached hydrogens (tertiary/aromatic N) is 2.